The third-order valence-electron chi connectivity index (χ3n) is 5.96. The molecule has 1 aliphatic heterocycles. The molecular formula is C19H23N7O2S2. The summed E-state index contributed by atoms with van der Waals surface area (Å²) >= 11 is 3.01. The standard InChI is InChI=1S/C19H23N7O2S2/c1-12(2)13-7-20-5-3-19(13,16-9-22-25-28-16)4-6-27-18-24-26-10-14(23-17(26)30-18)15-8-21-11-29-15/h8-13,20H,3-7H2,1-2H3. The van der Waals surface area contributed by atoms with E-state index in [0.717, 1.165) is 47.2 Å². The van der Waals surface area contributed by atoms with E-state index in [2.05, 4.69) is 44.6 Å². The van der Waals surface area contributed by atoms with Crippen LogP contribution in [0.25, 0.3) is 15.5 Å². The Hall–Kier alpha value is -2.37. The zero-order chi connectivity index (χ0) is 20.6. The summed E-state index contributed by atoms with van der Waals surface area (Å²) in [5.41, 5.74) is 2.55. The first-order valence-electron chi connectivity index (χ1n) is 10.0. The van der Waals surface area contributed by atoms with Crippen molar-refractivity contribution in [1.82, 2.24) is 35.3 Å². The van der Waals surface area contributed by atoms with E-state index in [1.807, 2.05) is 12.4 Å². The van der Waals surface area contributed by atoms with Gasteiger partial charge in [0.2, 0.25) is 4.96 Å². The van der Waals surface area contributed by atoms with Gasteiger partial charge in [-0.05, 0) is 49.1 Å². The summed E-state index contributed by atoms with van der Waals surface area (Å²) in [6.45, 7) is 6.95. The van der Waals surface area contributed by atoms with Crippen LogP contribution in [0.2, 0.25) is 0 Å². The molecule has 0 aromatic carbocycles. The molecule has 4 aromatic heterocycles. The Bertz CT molecular complexity index is 1060. The second-order valence-electron chi connectivity index (χ2n) is 7.93. The number of nitrogens with one attached hydrogen (secondary N) is 1. The van der Waals surface area contributed by atoms with E-state index in [1.54, 1.807) is 27.6 Å². The van der Waals surface area contributed by atoms with Gasteiger partial charge in [0.1, 0.15) is 5.69 Å². The molecule has 30 heavy (non-hydrogen) atoms. The smallest absolute Gasteiger partial charge is 0.294 e. The van der Waals surface area contributed by atoms with Crippen molar-refractivity contribution in [3.8, 4) is 15.8 Å². The highest BCUT2D eigenvalue weighted by atomic mass is 32.1. The van der Waals surface area contributed by atoms with Crippen molar-refractivity contribution < 1.29 is 9.26 Å². The summed E-state index contributed by atoms with van der Waals surface area (Å²) < 4.78 is 13.4. The third-order valence-corrected chi connectivity index (χ3v) is 7.59. The highest BCUT2D eigenvalue weighted by Crippen LogP contribution is 2.44. The molecular weight excluding hydrogens is 422 g/mol. The minimum atomic E-state index is -0.139. The molecule has 2 atom stereocenters. The van der Waals surface area contributed by atoms with Crippen LogP contribution in [0.4, 0.5) is 0 Å². The minimum Gasteiger partial charge on any atom is -0.469 e. The Morgan fingerprint density at radius 3 is 3.07 bits per heavy atom. The van der Waals surface area contributed by atoms with Crippen molar-refractivity contribution >= 4 is 27.6 Å². The van der Waals surface area contributed by atoms with Crippen molar-refractivity contribution in [3.63, 3.8) is 0 Å². The lowest BCUT2D eigenvalue weighted by molar-refractivity contribution is 0.0900. The maximum Gasteiger partial charge on any atom is 0.294 e. The number of imidazole rings is 1. The molecule has 0 bridgehead atoms. The van der Waals surface area contributed by atoms with Gasteiger partial charge in [-0.25, -0.2) is 9.50 Å². The van der Waals surface area contributed by atoms with E-state index >= 15 is 0 Å². The second-order valence-corrected chi connectivity index (χ2v) is 9.73. The first-order chi connectivity index (χ1) is 14.7. The van der Waals surface area contributed by atoms with Gasteiger partial charge in [-0.3, -0.25) is 4.98 Å². The number of hydrogen-bond donors (Lipinski definition) is 1. The van der Waals surface area contributed by atoms with E-state index in [1.165, 1.54) is 11.3 Å². The van der Waals surface area contributed by atoms with Crippen molar-refractivity contribution in [2.45, 2.75) is 32.1 Å². The van der Waals surface area contributed by atoms with Crippen molar-refractivity contribution in [1.29, 1.82) is 0 Å². The fraction of sp³-hybridized carbons (Fsp3) is 0.526. The number of ether oxygens (including phenoxy) is 1. The maximum atomic E-state index is 6.07. The molecule has 0 amide bonds. The molecule has 1 fully saturated rings. The molecule has 4 aromatic rings. The van der Waals surface area contributed by atoms with Crippen LogP contribution in [-0.2, 0) is 5.41 Å². The van der Waals surface area contributed by atoms with Crippen molar-refractivity contribution in [3.05, 3.63) is 29.9 Å². The second kappa shape index (κ2) is 8.05. The average Bonchev–Trinajstić information content (AvgIpc) is 3.51. The van der Waals surface area contributed by atoms with E-state index in [0.29, 0.717) is 23.6 Å². The number of rotatable bonds is 7. The molecule has 2 unspecified atom stereocenters. The summed E-state index contributed by atoms with van der Waals surface area (Å²) in [7, 11) is 0. The van der Waals surface area contributed by atoms with Gasteiger partial charge in [0.05, 0.1) is 29.4 Å². The quantitative estimate of drug-likeness (QED) is 0.462. The molecule has 9 nitrogen and oxygen atoms in total. The van der Waals surface area contributed by atoms with E-state index in [9.17, 15) is 0 Å². The molecule has 5 heterocycles. The fourth-order valence-corrected chi connectivity index (χ4v) is 5.81. The predicted molar refractivity (Wildman–Crippen MR) is 114 cm³/mol. The number of piperidine rings is 1. The Morgan fingerprint density at radius 2 is 2.33 bits per heavy atom. The normalized spacial score (nSPS) is 22.2. The highest BCUT2D eigenvalue weighted by molar-refractivity contribution is 7.18. The van der Waals surface area contributed by atoms with E-state index in [-0.39, 0.29) is 5.41 Å². The van der Waals surface area contributed by atoms with Gasteiger partial charge in [-0.2, -0.15) is 0 Å². The lowest BCUT2D eigenvalue weighted by Crippen LogP contribution is -2.50. The Morgan fingerprint density at radius 1 is 1.40 bits per heavy atom. The zero-order valence-corrected chi connectivity index (χ0v) is 18.4. The van der Waals surface area contributed by atoms with Gasteiger partial charge >= 0.3 is 0 Å². The summed E-state index contributed by atoms with van der Waals surface area (Å²) in [6.07, 6.45) is 7.28. The van der Waals surface area contributed by atoms with Crippen molar-refractivity contribution in [2.24, 2.45) is 11.8 Å². The van der Waals surface area contributed by atoms with Gasteiger partial charge in [0.25, 0.3) is 5.19 Å². The van der Waals surface area contributed by atoms with Gasteiger partial charge in [0.15, 0.2) is 5.76 Å². The van der Waals surface area contributed by atoms with Crippen molar-refractivity contribution in [2.75, 3.05) is 19.7 Å². The SMILES string of the molecule is CC(C)C1CNCCC1(CCOc1nn2cc(-c3cncs3)nc2s1)c1cnno1. The lowest BCUT2D eigenvalue weighted by atomic mass is 9.63. The molecule has 0 saturated carbocycles. The molecule has 0 spiro atoms. The average molecular weight is 446 g/mol. The van der Waals surface area contributed by atoms with Crippen LogP contribution < -0.4 is 10.1 Å². The molecule has 1 saturated heterocycles. The summed E-state index contributed by atoms with van der Waals surface area (Å²) in [5, 5.41) is 16.4. The minimum absolute atomic E-state index is 0.139. The number of hydrogen-bond acceptors (Lipinski definition) is 10. The molecule has 158 valence electrons. The van der Waals surface area contributed by atoms with Crippen LogP contribution in [0.15, 0.2) is 28.6 Å². The number of thiazole rings is 1. The van der Waals surface area contributed by atoms with Crippen LogP contribution in [-0.4, -0.2) is 49.6 Å². The highest BCUT2D eigenvalue weighted by Gasteiger charge is 2.46. The molecule has 0 aliphatic carbocycles. The van der Waals surface area contributed by atoms with Crippen LogP contribution in [0.3, 0.4) is 0 Å². The Kier molecular flexibility index (Phi) is 5.25. The molecule has 0 radical (unpaired) electrons. The van der Waals surface area contributed by atoms with Gasteiger partial charge in [-0.1, -0.05) is 13.8 Å². The van der Waals surface area contributed by atoms with Gasteiger partial charge in [0, 0.05) is 16.9 Å². The Labute approximate surface area is 181 Å². The third kappa shape index (κ3) is 3.50. The van der Waals surface area contributed by atoms with E-state index < -0.39 is 0 Å². The van der Waals surface area contributed by atoms with Crippen LogP contribution >= 0.6 is 22.7 Å². The van der Waals surface area contributed by atoms with E-state index in [4.69, 9.17) is 9.26 Å². The monoisotopic (exact) mass is 445 g/mol. The fourth-order valence-electron chi connectivity index (χ4n) is 4.47. The first kappa shape index (κ1) is 19.6. The number of nitrogens with zero attached hydrogens (tertiary/aromatic N) is 6. The number of aromatic nitrogens is 6. The largest absolute Gasteiger partial charge is 0.469 e. The molecule has 1 N–H and O–H groups in total. The van der Waals surface area contributed by atoms with Crippen LogP contribution in [0, 0.1) is 11.8 Å². The molecule has 11 heteroatoms. The predicted octanol–water partition coefficient (Wildman–Crippen LogP) is 3.27. The maximum absolute atomic E-state index is 6.07. The number of fused-ring (bicyclic) bond motifs is 1. The topological polar surface area (TPSA) is 103 Å². The van der Waals surface area contributed by atoms with Crippen LogP contribution in [0.5, 0.6) is 5.19 Å². The molecule has 5 rings (SSSR count). The van der Waals surface area contributed by atoms with Crippen LogP contribution in [0.1, 0.15) is 32.4 Å². The molecule has 1 aliphatic rings. The van der Waals surface area contributed by atoms with Gasteiger partial charge < -0.3 is 14.6 Å². The summed E-state index contributed by atoms with van der Waals surface area (Å²) in [5.74, 6) is 1.77. The Balaban J connectivity index is 1.32. The lowest BCUT2D eigenvalue weighted by Gasteiger charge is -2.44. The summed E-state index contributed by atoms with van der Waals surface area (Å²) in [6, 6.07) is 0. The van der Waals surface area contributed by atoms with Gasteiger partial charge in [-0.15, -0.1) is 21.5 Å². The first-order valence-corrected chi connectivity index (χ1v) is 11.7. The zero-order valence-electron chi connectivity index (χ0n) is 16.8. The summed E-state index contributed by atoms with van der Waals surface area (Å²) in [4.78, 5) is 10.6.